The summed E-state index contributed by atoms with van der Waals surface area (Å²) in [5.41, 5.74) is 3.59. The number of benzene rings is 1. The zero-order valence-corrected chi connectivity index (χ0v) is 16.6. The van der Waals surface area contributed by atoms with Gasteiger partial charge in [0.2, 0.25) is 5.91 Å². The van der Waals surface area contributed by atoms with Crippen LogP contribution >= 0.6 is 0 Å². The molecule has 0 spiro atoms. The second kappa shape index (κ2) is 9.00. The maximum absolute atomic E-state index is 12.3. The van der Waals surface area contributed by atoms with E-state index in [1.165, 1.54) is 0 Å². The number of carbonyl (C=O) groups excluding carboxylic acids is 1. The smallest absolute Gasteiger partial charge is 0.224 e. The molecule has 152 valence electrons. The van der Waals surface area contributed by atoms with Gasteiger partial charge in [0.05, 0.1) is 25.3 Å². The largest absolute Gasteiger partial charge is 0.494 e. The lowest BCUT2D eigenvalue weighted by molar-refractivity contribution is -0.120. The van der Waals surface area contributed by atoms with E-state index in [-0.39, 0.29) is 5.91 Å². The first-order valence-electron chi connectivity index (χ1n) is 10.1. The van der Waals surface area contributed by atoms with Crippen LogP contribution in [0.3, 0.4) is 0 Å². The minimum absolute atomic E-state index is 0.0167. The number of fused-ring (bicyclic) bond motifs is 1. The molecule has 0 unspecified atom stereocenters. The van der Waals surface area contributed by atoms with Gasteiger partial charge < -0.3 is 15.4 Å². The molecule has 3 aromatic rings. The average Bonchev–Trinajstić information content (AvgIpc) is 3.38. The number of rotatable bonds is 8. The third-order valence-corrected chi connectivity index (χ3v) is 5.09. The van der Waals surface area contributed by atoms with Gasteiger partial charge in [-0.15, -0.1) is 0 Å². The van der Waals surface area contributed by atoms with E-state index >= 15 is 0 Å². The van der Waals surface area contributed by atoms with Crippen LogP contribution in [-0.2, 0) is 17.8 Å². The van der Waals surface area contributed by atoms with Crippen LogP contribution in [-0.4, -0.2) is 51.9 Å². The zero-order valence-electron chi connectivity index (χ0n) is 16.6. The van der Waals surface area contributed by atoms with E-state index in [1.54, 1.807) is 12.4 Å². The topological polar surface area (TPSA) is 94.0 Å². The Balaban J connectivity index is 1.35. The minimum atomic E-state index is -0.0167. The quantitative estimate of drug-likeness (QED) is 0.604. The molecule has 0 bridgehead atoms. The molecular formula is C21H26N6O2. The predicted molar refractivity (Wildman–Crippen MR) is 110 cm³/mol. The van der Waals surface area contributed by atoms with Gasteiger partial charge in [-0.25, -0.2) is 14.6 Å². The van der Waals surface area contributed by atoms with Gasteiger partial charge in [-0.2, -0.15) is 5.10 Å². The molecule has 2 N–H and O–H groups in total. The fraction of sp³-hybridized carbons (Fsp3) is 0.429. The molecule has 29 heavy (non-hydrogen) atoms. The van der Waals surface area contributed by atoms with Crippen LogP contribution in [0, 0.1) is 0 Å². The molecular weight excluding hydrogens is 368 g/mol. The van der Waals surface area contributed by atoms with Crippen LogP contribution in [0.4, 0.5) is 0 Å². The van der Waals surface area contributed by atoms with Gasteiger partial charge in [-0.05, 0) is 37.6 Å². The van der Waals surface area contributed by atoms with Gasteiger partial charge in [-0.3, -0.25) is 4.79 Å². The number of aromatic nitrogens is 4. The number of hydrogen-bond acceptors (Lipinski definition) is 6. The van der Waals surface area contributed by atoms with Crippen molar-refractivity contribution in [1.82, 2.24) is 30.4 Å². The molecule has 1 aromatic carbocycles. The van der Waals surface area contributed by atoms with E-state index in [1.807, 2.05) is 35.9 Å². The van der Waals surface area contributed by atoms with Gasteiger partial charge in [0, 0.05) is 31.4 Å². The second-order valence-corrected chi connectivity index (χ2v) is 7.13. The van der Waals surface area contributed by atoms with Crippen LogP contribution in [0.15, 0.2) is 36.7 Å². The fourth-order valence-corrected chi connectivity index (χ4v) is 3.66. The van der Waals surface area contributed by atoms with Gasteiger partial charge in [0.25, 0.3) is 0 Å². The summed E-state index contributed by atoms with van der Waals surface area (Å²) >= 11 is 0. The summed E-state index contributed by atoms with van der Waals surface area (Å²) in [6, 6.07) is 7.62. The molecule has 1 saturated heterocycles. The Hall–Kier alpha value is -3.00. The Morgan fingerprint density at radius 1 is 1.28 bits per heavy atom. The molecule has 1 aliphatic rings. The maximum Gasteiger partial charge on any atom is 0.224 e. The average molecular weight is 394 g/mol. The third-order valence-electron chi connectivity index (χ3n) is 5.09. The summed E-state index contributed by atoms with van der Waals surface area (Å²) in [4.78, 5) is 21.2. The van der Waals surface area contributed by atoms with Crippen LogP contribution < -0.4 is 15.4 Å². The van der Waals surface area contributed by atoms with Crippen LogP contribution in [0.5, 0.6) is 5.75 Å². The molecule has 2 aromatic heterocycles. The molecule has 1 atom stereocenters. The maximum atomic E-state index is 12.3. The highest BCUT2D eigenvalue weighted by molar-refractivity contribution is 5.78. The van der Waals surface area contributed by atoms with E-state index in [9.17, 15) is 4.79 Å². The van der Waals surface area contributed by atoms with E-state index in [0.717, 1.165) is 47.7 Å². The van der Waals surface area contributed by atoms with Crippen LogP contribution in [0.25, 0.3) is 11.2 Å². The highest BCUT2D eigenvalue weighted by Crippen LogP contribution is 2.26. The second-order valence-electron chi connectivity index (χ2n) is 7.13. The lowest BCUT2D eigenvalue weighted by Gasteiger charge is -2.07. The van der Waals surface area contributed by atoms with Crippen molar-refractivity contribution in [3.8, 4) is 5.75 Å². The van der Waals surface area contributed by atoms with E-state index in [4.69, 9.17) is 9.84 Å². The lowest BCUT2D eigenvalue weighted by atomic mass is 10.0. The SMILES string of the molecule is CCOc1ccc(CC(=O)NCCn2nc([C@@H]3CCNC3)c3nccnc32)cc1. The predicted octanol–water partition coefficient (Wildman–Crippen LogP) is 1.66. The number of amides is 1. The van der Waals surface area contributed by atoms with Crippen LogP contribution in [0.2, 0.25) is 0 Å². The Morgan fingerprint density at radius 2 is 2.10 bits per heavy atom. The zero-order chi connectivity index (χ0) is 20.1. The molecule has 3 heterocycles. The fourth-order valence-electron chi connectivity index (χ4n) is 3.66. The number of nitrogens with zero attached hydrogens (tertiary/aromatic N) is 4. The van der Waals surface area contributed by atoms with Crippen molar-refractivity contribution in [2.24, 2.45) is 0 Å². The van der Waals surface area contributed by atoms with Crippen molar-refractivity contribution in [3.05, 3.63) is 47.9 Å². The first-order chi connectivity index (χ1) is 14.2. The molecule has 1 aliphatic heterocycles. The molecule has 0 aliphatic carbocycles. The summed E-state index contributed by atoms with van der Waals surface area (Å²) in [7, 11) is 0. The summed E-state index contributed by atoms with van der Waals surface area (Å²) in [5, 5.41) is 11.1. The monoisotopic (exact) mass is 394 g/mol. The standard InChI is InChI=1S/C21H26N6O2/c1-2-29-17-5-3-15(4-6-17)13-18(28)23-11-12-27-21-20(24-9-10-25-21)19(26-27)16-7-8-22-14-16/h3-6,9-10,16,22H,2,7-8,11-14H2,1H3,(H,23,28)/t16-/m1/s1. The summed E-state index contributed by atoms with van der Waals surface area (Å²) < 4.78 is 7.28. The molecule has 1 fully saturated rings. The van der Waals surface area contributed by atoms with Crippen molar-refractivity contribution >= 4 is 17.1 Å². The van der Waals surface area contributed by atoms with Gasteiger partial charge >= 0.3 is 0 Å². The van der Waals surface area contributed by atoms with Gasteiger partial charge in [-0.1, -0.05) is 12.1 Å². The Labute approximate surface area is 169 Å². The number of hydrogen-bond donors (Lipinski definition) is 2. The molecule has 0 radical (unpaired) electrons. The number of carbonyl (C=O) groups is 1. The first-order valence-corrected chi connectivity index (χ1v) is 10.1. The van der Waals surface area contributed by atoms with Crippen molar-refractivity contribution in [3.63, 3.8) is 0 Å². The Bertz CT molecular complexity index is 963. The highest BCUT2D eigenvalue weighted by atomic mass is 16.5. The highest BCUT2D eigenvalue weighted by Gasteiger charge is 2.24. The van der Waals surface area contributed by atoms with E-state index in [0.29, 0.717) is 32.0 Å². The van der Waals surface area contributed by atoms with E-state index < -0.39 is 0 Å². The third kappa shape index (κ3) is 4.54. The normalized spacial score (nSPS) is 16.2. The molecule has 1 amide bonds. The van der Waals surface area contributed by atoms with Gasteiger partial charge in [0.15, 0.2) is 5.65 Å². The summed E-state index contributed by atoms with van der Waals surface area (Å²) in [5.74, 6) is 1.17. The molecule has 8 heteroatoms. The van der Waals surface area contributed by atoms with Gasteiger partial charge in [0.1, 0.15) is 11.3 Å². The molecule has 4 rings (SSSR count). The van der Waals surface area contributed by atoms with Crippen molar-refractivity contribution in [2.75, 3.05) is 26.2 Å². The summed E-state index contributed by atoms with van der Waals surface area (Å²) in [6.07, 6.45) is 4.78. The van der Waals surface area contributed by atoms with Crippen molar-refractivity contribution < 1.29 is 9.53 Å². The van der Waals surface area contributed by atoms with Crippen LogP contribution in [0.1, 0.15) is 30.5 Å². The molecule has 8 nitrogen and oxygen atoms in total. The summed E-state index contributed by atoms with van der Waals surface area (Å²) in [6.45, 7) is 5.55. The minimum Gasteiger partial charge on any atom is -0.494 e. The first kappa shape index (κ1) is 19.3. The Morgan fingerprint density at radius 3 is 2.86 bits per heavy atom. The molecule has 0 saturated carbocycles. The van der Waals surface area contributed by atoms with E-state index in [2.05, 4.69) is 20.6 Å². The Kier molecular flexibility index (Phi) is 6.00. The van der Waals surface area contributed by atoms with Crippen molar-refractivity contribution in [1.29, 1.82) is 0 Å². The number of nitrogens with one attached hydrogen (secondary N) is 2. The van der Waals surface area contributed by atoms with Crippen molar-refractivity contribution in [2.45, 2.75) is 32.2 Å². The number of ether oxygens (including phenoxy) is 1. The lowest BCUT2D eigenvalue weighted by Crippen LogP contribution is -2.29.